The maximum absolute atomic E-state index is 11.1. The third kappa shape index (κ3) is 5.74. The van der Waals surface area contributed by atoms with E-state index in [2.05, 4.69) is 39.4 Å². The highest BCUT2D eigenvalue weighted by atomic mass is 79.9. The number of nitrogens with one attached hydrogen (secondary N) is 1. The Hall–Kier alpha value is -0.870. The average Bonchev–Trinajstić information content (AvgIpc) is 2.31. The van der Waals surface area contributed by atoms with E-state index in [1.165, 1.54) is 5.56 Å². The van der Waals surface area contributed by atoms with E-state index < -0.39 is 5.97 Å². The largest absolute Gasteiger partial charge is 0.481 e. The first-order valence-corrected chi connectivity index (χ1v) is 7.38. The fourth-order valence-electron chi connectivity index (χ4n) is 1.98. The molecule has 0 radical (unpaired) electrons. The van der Waals surface area contributed by atoms with Gasteiger partial charge in [-0.25, -0.2) is 0 Å². The van der Waals surface area contributed by atoms with Gasteiger partial charge in [-0.1, -0.05) is 41.9 Å². The van der Waals surface area contributed by atoms with Gasteiger partial charge in [0, 0.05) is 17.6 Å². The molecule has 0 aliphatic carbocycles. The maximum atomic E-state index is 11.1. The van der Waals surface area contributed by atoms with Crippen LogP contribution in [0, 0.1) is 18.8 Å². The minimum absolute atomic E-state index is 0.311. The molecule has 1 rings (SSSR count). The Balaban J connectivity index is 2.47. The van der Waals surface area contributed by atoms with Crippen molar-refractivity contribution in [2.45, 2.75) is 33.7 Å². The summed E-state index contributed by atoms with van der Waals surface area (Å²) < 4.78 is 1.09. The summed E-state index contributed by atoms with van der Waals surface area (Å²) in [5.74, 6) is -0.628. The highest BCUT2D eigenvalue weighted by Crippen LogP contribution is 2.17. The number of aliphatic carboxylic acids is 1. The number of hydrogen-bond donors (Lipinski definition) is 2. The van der Waals surface area contributed by atoms with Crippen molar-refractivity contribution in [2.24, 2.45) is 11.8 Å². The minimum Gasteiger partial charge on any atom is -0.481 e. The highest BCUT2D eigenvalue weighted by molar-refractivity contribution is 9.10. The second-order valence-corrected chi connectivity index (χ2v) is 6.23. The first-order valence-electron chi connectivity index (χ1n) is 6.58. The van der Waals surface area contributed by atoms with Gasteiger partial charge in [0.05, 0.1) is 5.92 Å². The fraction of sp³-hybridized carbons (Fsp3) is 0.533. The quantitative estimate of drug-likeness (QED) is 0.804. The average molecular weight is 328 g/mol. The molecule has 3 nitrogen and oxygen atoms in total. The van der Waals surface area contributed by atoms with E-state index in [1.54, 1.807) is 0 Å². The molecule has 2 N–H and O–H groups in total. The number of carboxylic acids is 1. The predicted molar refractivity (Wildman–Crippen MR) is 81.2 cm³/mol. The molecule has 0 aromatic heterocycles. The number of carbonyl (C=O) groups is 1. The van der Waals surface area contributed by atoms with Crippen LogP contribution in [0.1, 0.15) is 31.4 Å². The van der Waals surface area contributed by atoms with Gasteiger partial charge in [0.1, 0.15) is 0 Å². The minimum atomic E-state index is -0.716. The Labute approximate surface area is 123 Å². The van der Waals surface area contributed by atoms with Gasteiger partial charge < -0.3 is 10.4 Å². The van der Waals surface area contributed by atoms with Crippen molar-refractivity contribution >= 4 is 21.9 Å². The van der Waals surface area contributed by atoms with Gasteiger partial charge in [-0.3, -0.25) is 4.79 Å². The Morgan fingerprint density at radius 2 is 2.11 bits per heavy atom. The van der Waals surface area contributed by atoms with E-state index in [-0.39, 0.29) is 5.92 Å². The lowest BCUT2D eigenvalue weighted by atomic mass is 9.97. The zero-order valence-electron chi connectivity index (χ0n) is 11.7. The first-order chi connectivity index (χ1) is 8.90. The standard InChI is InChI=1S/C15H22BrNO2/c1-10(2)6-13(15(18)19)9-17-8-12-5-4-11(3)14(16)7-12/h4-5,7,10,13,17H,6,8-9H2,1-3H3,(H,18,19). The van der Waals surface area contributed by atoms with Gasteiger partial charge in [-0.2, -0.15) is 0 Å². The van der Waals surface area contributed by atoms with Gasteiger partial charge in [-0.15, -0.1) is 0 Å². The molecular weight excluding hydrogens is 306 g/mol. The van der Waals surface area contributed by atoms with Gasteiger partial charge in [-0.05, 0) is 36.5 Å². The van der Waals surface area contributed by atoms with Crippen LogP contribution in [0.15, 0.2) is 22.7 Å². The molecule has 1 unspecified atom stereocenters. The van der Waals surface area contributed by atoms with Crippen molar-refractivity contribution in [3.8, 4) is 0 Å². The van der Waals surface area contributed by atoms with Gasteiger partial charge in [0.25, 0.3) is 0 Å². The summed E-state index contributed by atoms with van der Waals surface area (Å²) in [6.07, 6.45) is 0.708. The van der Waals surface area contributed by atoms with Crippen LogP contribution in [0.25, 0.3) is 0 Å². The summed E-state index contributed by atoms with van der Waals surface area (Å²) in [4.78, 5) is 11.1. The monoisotopic (exact) mass is 327 g/mol. The summed E-state index contributed by atoms with van der Waals surface area (Å²) in [6, 6.07) is 6.19. The first kappa shape index (κ1) is 16.2. The van der Waals surface area contributed by atoms with Crippen molar-refractivity contribution in [2.75, 3.05) is 6.54 Å². The van der Waals surface area contributed by atoms with Crippen LogP contribution in [-0.4, -0.2) is 17.6 Å². The van der Waals surface area contributed by atoms with Crippen molar-refractivity contribution in [3.63, 3.8) is 0 Å². The normalized spacial score (nSPS) is 12.7. The molecule has 4 heteroatoms. The zero-order chi connectivity index (χ0) is 14.4. The fourth-order valence-corrected chi connectivity index (χ4v) is 2.40. The molecule has 0 aliphatic rings. The summed E-state index contributed by atoms with van der Waals surface area (Å²) in [5.41, 5.74) is 2.36. The van der Waals surface area contributed by atoms with Crippen LogP contribution < -0.4 is 5.32 Å². The Morgan fingerprint density at radius 1 is 1.42 bits per heavy atom. The molecule has 0 fully saturated rings. The van der Waals surface area contributed by atoms with E-state index in [4.69, 9.17) is 5.11 Å². The molecule has 0 saturated heterocycles. The molecule has 0 aliphatic heterocycles. The van der Waals surface area contributed by atoms with E-state index in [0.29, 0.717) is 25.4 Å². The number of aryl methyl sites for hydroxylation is 1. The molecular formula is C15H22BrNO2. The summed E-state index contributed by atoms with van der Waals surface area (Å²) >= 11 is 3.50. The van der Waals surface area contributed by atoms with Gasteiger partial charge >= 0.3 is 5.97 Å². The zero-order valence-corrected chi connectivity index (χ0v) is 13.3. The number of hydrogen-bond acceptors (Lipinski definition) is 2. The number of benzene rings is 1. The highest BCUT2D eigenvalue weighted by Gasteiger charge is 2.18. The van der Waals surface area contributed by atoms with Gasteiger partial charge in [0.2, 0.25) is 0 Å². The molecule has 106 valence electrons. The third-order valence-corrected chi connectivity index (χ3v) is 3.92. The Kier molecular flexibility index (Phi) is 6.52. The summed E-state index contributed by atoms with van der Waals surface area (Å²) in [7, 11) is 0. The number of halogens is 1. The second-order valence-electron chi connectivity index (χ2n) is 5.38. The van der Waals surface area contributed by atoms with E-state index >= 15 is 0 Å². The van der Waals surface area contributed by atoms with Gasteiger partial charge in [0.15, 0.2) is 0 Å². The van der Waals surface area contributed by atoms with Crippen LogP contribution >= 0.6 is 15.9 Å². The van der Waals surface area contributed by atoms with E-state index in [1.807, 2.05) is 20.8 Å². The molecule has 0 amide bonds. The van der Waals surface area contributed by atoms with Crippen molar-refractivity contribution in [3.05, 3.63) is 33.8 Å². The third-order valence-electron chi connectivity index (χ3n) is 3.06. The molecule has 19 heavy (non-hydrogen) atoms. The summed E-state index contributed by atoms with van der Waals surface area (Å²) in [6.45, 7) is 7.35. The maximum Gasteiger partial charge on any atom is 0.307 e. The Bertz CT molecular complexity index is 432. The molecule has 1 aromatic rings. The van der Waals surface area contributed by atoms with E-state index in [0.717, 1.165) is 10.0 Å². The topological polar surface area (TPSA) is 49.3 Å². The van der Waals surface area contributed by atoms with Crippen LogP contribution in [0.5, 0.6) is 0 Å². The lowest BCUT2D eigenvalue weighted by molar-refractivity contribution is -0.142. The number of rotatable bonds is 7. The lowest BCUT2D eigenvalue weighted by Gasteiger charge is -2.15. The molecule has 1 aromatic carbocycles. The van der Waals surface area contributed by atoms with Crippen molar-refractivity contribution < 1.29 is 9.90 Å². The molecule has 0 saturated carbocycles. The Morgan fingerprint density at radius 3 is 2.63 bits per heavy atom. The number of carboxylic acid groups (broad SMARTS) is 1. The molecule has 0 heterocycles. The van der Waals surface area contributed by atoms with Crippen molar-refractivity contribution in [1.82, 2.24) is 5.32 Å². The van der Waals surface area contributed by atoms with Crippen molar-refractivity contribution in [1.29, 1.82) is 0 Å². The summed E-state index contributed by atoms with van der Waals surface area (Å²) in [5, 5.41) is 12.4. The SMILES string of the molecule is Cc1ccc(CNCC(CC(C)C)C(=O)O)cc1Br. The molecule has 0 bridgehead atoms. The van der Waals surface area contributed by atoms with Crippen LogP contribution in [-0.2, 0) is 11.3 Å². The van der Waals surface area contributed by atoms with Crippen LogP contribution in [0.3, 0.4) is 0 Å². The van der Waals surface area contributed by atoms with E-state index in [9.17, 15) is 4.79 Å². The van der Waals surface area contributed by atoms with Crippen LogP contribution in [0.4, 0.5) is 0 Å². The molecule has 0 spiro atoms. The smallest absolute Gasteiger partial charge is 0.307 e. The second kappa shape index (κ2) is 7.65. The lowest BCUT2D eigenvalue weighted by Crippen LogP contribution is -2.29. The molecule has 1 atom stereocenters. The van der Waals surface area contributed by atoms with Crippen LogP contribution in [0.2, 0.25) is 0 Å². The predicted octanol–water partition coefficient (Wildman–Crippen LogP) is 3.59.